The van der Waals surface area contributed by atoms with Crippen LogP contribution >= 0.6 is 11.6 Å². The number of carboxylic acids is 1. The number of carbonyl (C=O) groups excluding carboxylic acids is 2. The van der Waals surface area contributed by atoms with Gasteiger partial charge in [-0.15, -0.1) is 0 Å². The molecule has 0 saturated carbocycles. The molecule has 2 unspecified atom stereocenters. The number of allylic oxidation sites excluding steroid dienone is 2. The molecule has 1 aliphatic rings. The zero-order valence-corrected chi connectivity index (χ0v) is 12.0. The molecule has 0 fully saturated rings. The minimum absolute atomic E-state index is 0.274. The first kappa shape index (κ1) is 15.4. The van der Waals surface area contributed by atoms with Gasteiger partial charge in [0.05, 0.1) is 12.3 Å². The molecule has 0 saturated heterocycles. The molecule has 0 bridgehead atoms. The van der Waals surface area contributed by atoms with Crippen LogP contribution in [0.2, 0.25) is 5.02 Å². The van der Waals surface area contributed by atoms with Crippen molar-refractivity contribution in [2.75, 3.05) is 0 Å². The molecule has 1 aromatic rings. The summed E-state index contributed by atoms with van der Waals surface area (Å²) >= 11 is 5.75. The van der Waals surface area contributed by atoms with Gasteiger partial charge in [-0.3, -0.25) is 14.4 Å². The van der Waals surface area contributed by atoms with Crippen LogP contribution in [-0.4, -0.2) is 22.6 Å². The van der Waals surface area contributed by atoms with Gasteiger partial charge in [0.15, 0.2) is 5.78 Å². The molecule has 4 nitrogen and oxygen atoms in total. The highest BCUT2D eigenvalue weighted by atomic mass is 35.5. The Morgan fingerprint density at radius 1 is 1.05 bits per heavy atom. The Labute approximate surface area is 127 Å². The summed E-state index contributed by atoms with van der Waals surface area (Å²) in [5, 5.41) is 9.67. The number of benzene rings is 1. The number of carbonyl (C=O) groups is 3. The Morgan fingerprint density at radius 2 is 1.62 bits per heavy atom. The zero-order chi connectivity index (χ0) is 15.4. The van der Waals surface area contributed by atoms with Gasteiger partial charge >= 0.3 is 5.97 Å². The third-order valence-electron chi connectivity index (χ3n) is 3.66. The van der Waals surface area contributed by atoms with E-state index in [0.717, 1.165) is 0 Å². The highest BCUT2D eigenvalue weighted by Gasteiger charge is 2.34. The smallest absolute Gasteiger partial charge is 0.307 e. The van der Waals surface area contributed by atoms with Gasteiger partial charge in [-0.2, -0.15) is 0 Å². The lowest BCUT2D eigenvalue weighted by Crippen LogP contribution is -2.32. The Bertz CT molecular complexity index is 589. The third kappa shape index (κ3) is 3.79. The topological polar surface area (TPSA) is 71.4 Å². The van der Waals surface area contributed by atoms with Crippen LogP contribution in [0.1, 0.15) is 29.6 Å². The normalized spacial score (nSPS) is 21.0. The molecule has 0 radical (unpaired) electrons. The molecule has 0 heterocycles. The summed E-state index contributed by atoms with van der Waals surface area (Å²) in [5.74, 6) is -2.97. The average Bonchev–Trinajstić information content (AvgIpc) is 2.47. The number of ketones is 2. The first-order valence-electron chi connectivity index (χ1n) is 6.68. The molecule has 1 aliphatic carbocycles. The van der Waals surface area contributed by atoms with E-state index in [-0.39, 0.29) is 18.0 Å². The average molecular weight is 307 g/mol. The third-order valence-corrected chi connectivity index (χ3v) is 3.92. The van der Waals surface area contributed by atoms with Crippen molar-refractivity contribution in [2.45, 2.75) is 19.3 Å². The van der Waals surface area contributed by atoms with Crippen molar-refractivity contribution in [2.24, 2.45) is 11.8 Å². The van der Waals surface area contributed by atoms with E-state index >= 15 is 0 Å². The van der Waals surface area contributed by atoms with Crippen LogP contribution in [0, 0.1) is 11.8 Å². The van der Waals surface area contributed by atoms with Gasteiger partial charge in [0.2, 0.25) is 0 Å². The minimum Gasteiger partial charge on any atom is -0.481 e. The van der Waals surface area contributed by atoms with Crippen LogP contribution in [0.25, 0.3) is 0 Å². The van der Waals surface area contributed by atoms with Crippen molar-refractivity contribution in [3.63, 3.8) is 0 Å². The molecular weight excluding hydrogens is 292 g/mol. The van der Waals surface area contributed by atoms with Crippen LogP contribution in [-0.2, 0) is 9.59 Å². The molecule has 21 heavy (non-hydrogen) atoms. The van der Waals surface area contributed by atoms with E-state index in [0.29, 0.717) is 23.4 Å². The summed E-state index contributed by atoms with van der Waals surface area (Å²) < 4.78 is 0. The number of aliphatic carboxylic acids is 1. The fourth-order valence-electron chi connectivity index (χ4n) is 2.47. The highest BCUT2D eigenvalue weighted by molar-refractivity contribution is 6.30. The monoisotopic (exact) mass is 306 g/mol. The molecule has 0 amide bonds. The predicted octanol–water partition coefficient (Wildman–Crippen LogP) is 3.15. The maximum Gasteiger partial charge on any atom is 0.307 e. The number of hydrogen-bond acceptors (Lipinski definition) is 3. The first-order valence-corrected chi connectivity index (χ1v) is 7.06. The van der Waals surface area contributed by atoms with Crippen molar-refractivity contribution in [3.05, 3.63) is 47.0 Å². The number of carboxylic acid groups (broad SMARTS) is 1. The molecule has 2 rings (SSSR count). The summed E-state index contributed by atoms with van der Waals surface area (Å²) in [4.78, 5) is 35.5. The SMILES string of the molecule is O=C(CC(=O)C1CC=CCC1C(=O)O)c1ccc(Cl)cc1. The molecule has 5 heteroatoms. The van der Waals surface area contributed by atoms with E-state index in [9.17, 15) is 14.4 Å². The molecule has 0 aliphatic heterocycles. The van der Waals surface area contributed by atoms with Gasteiger partial charge in [0, 0.05) is 16.5 Å². The molecule has 0 aromatic heterocycles. The molecule has 1 aromatic carbocycles. The second-order valence-electron chi connectivity index (χ2n) is 5.07. The van der Waals surface area contributed by atoms with Crippen molar-refractivity contribution >= 4 is 29.1 Å². The van der Waals surface area contributed by atoms with Gasteiger partial charge in [0.25, 0.3) is 0 Å². The van der Waals surface area contributed by atoms with Crippen LogP contribution in [0.3, 0.4) is 0 Å². The predicted molar refractivity (Wildman–Crippen MR) is 78.4 cm³/mol. The second-order valence-corrected chi connectivity index (χ2v) is 5.50. The van der Waals surface area contributed by atoms with Crippen molar-refractivity contribution in [1.29, 1.82) is 0 Å². The van der Waals surface area contributed by atoms with Gasteiger partial charge in [-0.1, -0.05) is 23.8 Å². The first-order chi connectivity index (χ1) is 9.99. The molecular formula is C16H15ClO4. The Morgan fingerprint density at radius 3 is 2.19 bits per heavy atom. The molecule has 2 atom stereocenters. The van der Waals surface area contributed by atoms with Crippen LogP contribution < -0.4 is 0 Å². The van der Waals surface area contributed by atoms with E-state index in [1.54, 1.807) is 36.4 Å². The lowest BCUT2D eigenvalue weighted by molar-refractivity contribution is -0.146. The van der Waals surface area contributed by atoms with E-state index in [1.807, 2.05) is 0 Å². The highest BCUT2D eigenvalue weighted by Crippen LogP contribution is 2.28. The lowest BCUT2D eigenvalue weighted by Gasteiger charge is -2.23. The molecule has 1 N–H and O–H groups in total. The summed E-state index contributed by atoms with van der Waals surface area (Å²) in [7, 11) is 0. The van der Waals surface area contributed by atoms with Gasteiger partial charge in [-0.05, 0) is 37.1 Å². The maximum absolute atomic E-state index is 12.2. The van der Waals surface area contributed by atoms with Crippen molar-refractivity contribution < 1.29 is 19.5 Å². The lowest BCUT2D eigenvalue weighted by atomic mass is 9.79. The fourth-order valence-corrected chi connectivity index (χ4v) is 2.60. The standard InChI is InChI=1S/C16H15ClO4/c17-11-7-5-10(6-8-11)14(18)9-15(19)12-3-1-2-4-13(12)16(20)21/h1-2,5-8,12-13H,3-4,9H2,(H,20,21). The van der Waals surface area contributed by atoms with Gasteiger partial charge in [-0.25, -0.2) is 0 Å². The summed E-state index contributed by atoms with van der Waals surface area (Å²) in [5.41, 5.74) is 0.408. The number of Topliss-reactive ketones (excluding diaryl/α,β-unsaturated/α-hetero) is 2. The fraction of sp³-hybridized carbons (Fsp3) is 0.312. The van der Waals surface area contributed by atoms with Crippen LogP contribution in [0.5, 0.6) is 0 Å². The minimum atomic E-state index is -0.989. The molecule has 110 valence electrons. The summed E-state index contributed by atoms with van der Waals surface area (Å²) in [6, 6.07) is 6.30. The second kappa shape index (κ2) is 6.68. The van der Waals surface area contributed by atoms with E-state index in [4.69, 9.17) is 16.7 Å². The number of rotatable bonds is 5. The zero-order valence-electron chi connectivity index (χ0n) is 11.3. The van der Waals surface area contributed by atoms with Crippen molar-refractivity contribution in [1.82, 2.24) is 0 Å². The largest absolute Gasteiger partial charge is 0.481 e. The van der Waals surface area contributed by atoms with E-state index < -0.39 is 17.8 Å². The van der Waals surface area contributed by atoms with Crippen molar-refractivity contribution in [3.8, 4) is 0 Å². The summed E-state index contributed by atoms with van der Waals surface area (Å²) in [6.07, 6.45) is 4.01. The number of halogens is 1. The quantitative estimate of drug-likeness (QED) is 0.515. The number of hydrogen-bond donors (Lipinski definition) is 1. The Kier molecular flexibility index (Phi) is 4.91. The van der Waals surface area contributed by atoms with Gasteiger partial charge in [0.1, 0.15) is 5.78 Å². The summed E-state index contributed by atoms with van der Waals surface area (Å²) in [6.45, 7) is 0. The van der Waals surface area contributed by atoms with Gasteiger partial charge < -0.3 is 5.11 Å². The van der Waals surface area contributed by atoms with E-state index in [1.165, 1.54) is 0 Å². The maximum atomic E-state index is 12.2. The Hall–Kier alpha value is -1.94. The van der Waals surface area contributed by atoms with Crippen LogP contribution in [0.15, 0.2) is 36.4 Å². The van der Waals surface area contributed by atoms with Crippen LogP contribution in [0.4, 0.5) is 0 Å². The Balaban J connectivity index is 2.06. The molecule has 0 spiro atoms. The van der Waals surface area contributed by atoms with E-state index in [2.05, 4.69) is 0 Å².